The van der Waals surface area contributed by atoms with Crippen molar-refractivity contribution in [1.82, 2.24) is 19.6 Å². The van der Waals surface area contributed by atoms with E-state index in [1.807, 2.05) is 12.5 Å². The lowest BCUT2D eigenvalue weighted by Crippen LogP contribution is -2.34. The summed E-state index contributed by atoms with van der Waals surface area (Å²) in [6, 6.07) is 0. The summed E-state index contributed by atoms with van der Waals surface area (Å²) in [4.78, 5) is 8.93. The van der Waals surface area contributed by atoms with Crippen LogP contribution in [0.1, 0.15) is 51.3 Å². The molecular formula is C20H31FN4O3S2. The van der Waals surface area contributed by atoms with Crippen LogP contribution in [0.4, 0.5) is 4.39 Å². The van der Waals surface area contributed by atoms with E-state index in [2.05, 4.69) is 28.9 Å². The molecule has 0 bridgehead atoms. The van der Waals surface area contributed by atoms with Gasteiger partial charge in [-0.1, -0.05) is 38.5 Å². The van der Waals surface area contributed by atoms with Crippen molar-refractivity contribution in [3.8, 4) is 0 Å². The molecule has 0 amide bonds. The minimum atomic E-state index is -1.33. The van der Waals surface area contributed by atoms with Crippen LogP contribution < -0.4 is 0 Å². The van der Waals surface area contributed by atoms with Crippen molar-refractivity contribution in [2.75, 3.05) is 32.3 Å². The van der Waals surface area contributed by atoms with Crippen molar-refractivity contribution in [2.45, 2.75) is 74.2 Å². The van der Waals surface area contributed by atoms with Gasteiger partial charge < -0.3 is 14.2 Å². The predicted octanol–water partition coefficient (Wildman–Crippen LogP) is 4.35. The average Bonchev–Trinajstić information content (AvgIpc) is 3.32. The van der Waals surface area contributed by atoms with Gasteiger partial charge in [0.1, 0.15) is 23.3 Å². The summed E-state index contributed by atoms with van der Waals surface area (Å²) in [5.41, 5.74) is 1.18. The lowest BCUT2D eigenvalue weighted by atomic mass is 10.1. The first-order chi connectivity index (χ1) is 14.6. The molecule has 0 N–H and O–H groups in total. The zero-order chi connectivity index (χ0) is 21.5. The van der Waals surface area contributed by atoms with E-state index in [0.717, 1.165) is 30.7 Å². The van der Waals surface area contributed by atoms with E-state index in [4.69, 9.17) is 14.2 Å². The number of imidazole rings is 1. The molecule has 10 heteroatoms. The van der Waals surface area contributed by atoms with Crippen LogP contribution in [0.25, 0.3) is 5.65 Å². The normalized spacial score (nSPS) is 24.2. The largest absolute Gasteiger partial charge is 0.379 e. The quantitative estimate of drug-likeness (QED) is 0.343. The molecule has 0 radical (unpaired) electrons. The van der Waals surface area contributed by atoms with E-state index in [-0.39, 0.29) is 0 Å². The number of fused-ring (bicyclic) bond motifs is 1. The third-order valence-corrected chi connectivity index (χ3v) is 6.23. The van der Waals surface area contributed by atoms with E-state index < -0.39 is 24.5 Å². The number of ether oxygens (including phenoxy) is 3. The van der Waals surface area contributed by atoms with Gasteiger partial charge in [-0.15, -0.1) is 16.9 Å². The fraction of sp³-hybridized carbons (Fsp3) is 0.750. The number of halogens is 1. The molecule has 2 aromatic rings. The Kier molecular flexibility index (Phi) is 9.18. The van der Waals surface area contributed by atoms with Gasteiger partial charge in [0.2, 0.25) is 5.16 Å². The zero-order valence-corrected chi connectivity index (χ0v) is 19.7. The number of hydrogen-bond acceptors (Lipinski definition) is 8. The molecule has 7 nitrogen and oxygen atoms in total. The lowest BCUT2D eigenvalue weighted by Gasteiger charge is -2.20. The van der Waals surface area contributed by atoms with Gasteiger partial charge in [0.25, 0.3) is 0 Å². The smallest absolute Gasteiger partial charge is 0.208 e. The highest BCUT2D eigenvalue weighted by atomic mass is 32.2. The second-order valence-electron chi connectivity index (χ2n) is 7.18. The van der Waals surface area contributed by atoms with E-state index in [1.165, 1.54) is 23.5 Å². The molecule has 3 heterocycles. The number of alkyl halides is 1. The Morgan fingerprint density at radius 3 is 2.63 bits per heavy atom. The van der Waals surface area contributed by atoms with Crippen molar-refractivity contribution >= 4 is 29.2 Å². The van der Waals surface area contributed by atoms with Gasteiger partial charge in [0.15, 0.2) is 11.8 Å². The van der Waals surface area contributed by atoms with Crippen molar-refractivity contribution in [2.24, 2.45) is 0 Å². The Labute approximate surface area is 185 Å². The molecule has 4 atom stereocenters. The molecule has 0 aliphatic carbocycles. The maximum atomic E-state index is 15.6. The first-order valence-corrected chi connectivity index (χ1v) is 12.9. The second kappa shape index (κ2) is 11.6. The molecule has 0 spiro atoms. The van der Waals surface area contributed by atoms with Crippen molar-refractivity contribution < 1.29 is 18.6 Å². The summed E-state index contributed by atoms with van der Waals surface area (Å²) in [5, 5.41) is 5.89. The lowest BCUT2D eigenvalue weighted by molar-refractivity contribution is -0.0673. The van der Waals surface area contributed by atoms with Gasteiger partial charge in [-0.3, -0.25) is 0 Å². The number of aromatic nitrogens is 4. The van der Waals surface area contributed by atoms with E-state index >= 15 is 4.39 Å². The van der Waals surface area contributed by atoms with Gasteiger partial charge >= 0.3 is 0 Å². The standard InChI is InChI=1S/C20H31FN4O3S2/c1-5-7-9-26-12-14-17(27-10-8-6-2)15(21)16(28-14)13-11-22-18-19(29-3)23-20(30-4)24-25(13)18/h11,14-17H,5-10,12H2,1-4H3/t14-,15+,16?,17-/m1/s1. The van der Waals surface area contributed by atoms with Gasteiger partial charge in [-0.25, -0.2) is 18.9 Å². The Balaban J connectivity index is 1.85. The maximum Gasteiger partial charge on any atom is 0.208 e. The molecule has 1 fully saturated rings. The van der Waals surface area contributed by atoms with Crippen LogP contribution >= 0.6 is 23.5 Å². The van der Waals surface area contributed by atoms with Gasteiger partial charge in [-0.05, 0) is 25.4 Å². The molecule has 0 saturated carbocycles. The highest BCUT2D eigenvalue weighted by Gasteiger charge is 2.48. The van der Waals surface area contributed by atoms with Gasteiger partial charge in [0, 0.05) is 13.2 Å². The van der Waals surface area contributed by atoms with Crippen LogP contribution in [0.2, 0.25) is 0 Å². The fourth-order valence-electron chi connectivity index (χ4n) is 3.37. The summed E-state index contributed by atoms with van der Waals surface area (Å²) in [5.74, 6) is 0. The number of unbranched alkanes of at least 4 members (excludes halogenated alkanes) is 2. The number of hydrogen-bond donors (Lipinski definition) is 0. The molecule has 2 aromatic heterocycles. The molecule has 1 aliphatic rings. The van der Waals surface area contributed by atoms with Gasteiger partial charge in [-0.2, -0.15) is 0 Å². The predicted molar refractivity (Wildman–Crippen MR) is 117 cm³/mol. The minimum absolute atomic E-state index is 0.311. The molecule has 1 unspecified atom stereocenters. The number of thioether (sulfide) groups is 2. The SMILES string of the molecule is CCCCOC[C@H]1OC(c2cnc3c(SC)nc(SC)nn23)[C@H](F)[C@@H]1OCCCC. The molecule has 1 saturated heterocycles. The van der Waals surface area contributed by atoms with Crippen LogP contribution in [0.15, 0.2) is 16.4 Å². The van der Waals surface area contributed by atoms with Gasteiger partial charge in [0.05, 0.1) is 18.5 Å². The maximum absolute atomic E-state index is 15.6. The Bertz CT molecular complexity index is 810. The molecule has 3 rings (SSSR count). The monoisotopic (exact) mass is 458 g/mol. The fourth-order valence-corrected chi connectivity index (χ4v) is 4.27. The van der Waals surface area contributed by atoms with Crippen LogP contribution in [0.3, 0.4) is 0 Å². The molecule has 1 aliphatic heterocycles. The average molecular weight is 459 g/mol. The van der Waals surface area contributed by atoms with Crippen LogP contribution in [-0.2, 0) is 14.2 Å². The summed E-state index contributed by atoms with van der Waals surface area (Å²) < 4.78 is 35.0. The topological polar surface area (TPSA) is 70.8 Å². The summed E-state index contributed by atoms with van der Waals surface area (Å²) in [6.07, 6.45) is 6.09. The summed E-state index contributed by atoms with van der Waals surface area (Å²) in [7, 11) is 0. The van der Waals surface area contributed by atoms with E-state index in [0.29, 0.717) is 36.3 Å². The van der Waals surface area contributed by atoms with Crippen molar-refractivity contribution in [1.29, 1.82) is 0 Å². The molecule has 30 heavy (non-hydrogen) atoms. The first-order valence-electron chi connectivity index (χ1n) is 10.5. The van der Waals surface area contributed by atoms with Crippen LogP contribution in [0.5, 0.6) is 0 Å². The zero-order valence-electron chi connectivity index (χ0n) is 18.0. The van der Waals surface area contributed by atoms with E-state index in [1.54, 1.807) is 10.7 Å². The minimum Gasteiger partial charge on any atom is -0.379 e. The molecular weight excluding hydrogens is 427 g/mol. The Morgan fingerprint density at radius 2 is 1.93 bits per heavy atom. The number of nitrogens with zero attached hydrogens (tertiary/aromatic N) is 4. The third kappa shape index (κ3) is 5.27. The number of rotatable bonds is 12. The highest BCUT2D eigenvalue weighted by Crippen LogP contribution is 2.38. The highest BCUT2D eigenvalue weighted by molar-refractivity contribution is 7.99. The van der Waals surface area contributed by atoms with Crippen molar-refractivity contribution in [3.63, 3.8) is 0 Å². The Morgan fingerprint density at radius 1 is 1.17 bits per heavy atom. The molecule has 168 valence electrons. The second-order valence-corrected chi connectivity index (χ2v) is 8.75. The van der Waals surface area contributed by atoms with Crippen molar-refractivity contribution in [3.05, 3.63) is 11.9 Å². The van der Waals surface area contributed by atoms with Crippen LogP contribution in [0, 0.1) is 0 Å². The first kappa shape index (κ1) is 23.7. The van der Waals surface area contributed by atoms with E-state index in [9.17, 15) is 0 Å². The summed E-state index contributed by atoms with van der Waals surface area (Å²) >= 11 is 2.92. The molecule has 0 aromatic carbocycles. The Hall–Kier alpha value is -0.940. The third-order valence-electron chi connectivity index (χ3n) is 5.03. The summed E-state index contributed by atoms with van der Waals surface area (Å²) in [6.45, 7) is 5.65. The van der Waals surface area contributed by atoms with Crippen LogP contribution in [-0.4, -0.2) is 70.3 Å².